The molecule has 180 valence electrons. The van der Waals surface area contributed by atoms with E-state index in [0.717, 1.165) is 47.5 Å². The molecule has 2 heterocycles. The molecule has 9 heteroatoms. The Balaban J connectivity index is 1.19. The van der Waals surface area contributed by atoms with Crippen molar-refractivity contribution in [3.05, 3.63) is 58.9 Å². The molecule has 3 aromatic rings. The van der Waals surface area contributed by atoms with Gasteiger partial charge in [0.25, 0.3) is 0 Å². The van der Waals surface area contributed by atoms with E-state index in [0.29, 0.717) is 24.9 Å². The van der Waals surface area contributed by atoms with Crippen LogP contribution in [0.4, 0.5) is 0 Å². The molecule has 1 aliphatic rings. The number of halogens is 1. The van der Waals surface area contributed by atoms with E-state index >= 15 is 0 Å². The summed E-state index contributed by atoms with van der Waals surface area (Å²) >= 11 is 3.43. The van der Waals surface area contributed by atoms with Gasteiger partial charge in [-0.15, -0.1) is 0 Å². The van der Waals surface area contributed by atoms with E-state index in [9.17, 15) is 4.79 Å². The predicted octanol–water partition coefficient (Wildman–Crippen LogP) is 4.30. The van der Waals surface area contributed by atoms with Gasteiger partial charge in [0.1, 0.15) is 18.1 Å². The van der Waals surface area contributed by atoms with Crippen molar-refractivity contribution in [1.29, 1.82) is 0 Å². The molecule has 0 bridgehead atoms. The van der Waals surface area contributed by atoms with Gasteiger partial charge in [0.15, 0.2) is 0 Å². The average molecular weight is 529 g/mol. The minimum absolute atomic E-state index is 0.000646. The third kappa shape index (κ3) is 6.57. The standard InChI is InChI=1S/C25H29BrN4O4/c1-17(16-33-22-9-7-21(32-2)8-10-22)27-25(31)19-11-13-30(14-12-19)15-23-28-24(29-34-23)18-3-5-20(26)6-4-18/h3-10,17,19H,11-16H2,1-2H3,(H,27,31). The zero-order valence-electron chi connectivity index (χ0n) is 19.4. The summed E-state index contributed by atoms with van der Waals surface area (Å²) in [6, 6.07) is 15.1. The molecule has 1 aromatic heterocycles. The van der Waals surface area contributed by atoms with E-state index in [2.05, 4.69) is 36.3 Å². The van der Waals surface area contributed by atoms with E-state index in [1.54, 1.807) is 7.11 Å². The van der Waals surface area contributed by atoms with Crippen molar-refractivity contribution in [2.75, 3.05) is 26.8 Å². The van der Waals surface area contributed by atoms with Crippen molar-refractivity contribution in [2.24, 2.45) is 5.92 Å². The molecule has 34 heavy (non-hydrogen) atoms. The van der Waals surface area contributed by atoms with Crippen LogP contribution in [0.3, 0.4) is 0 Å². The van der Waals surface area contributed by atoms with Crippen LogP contribution in [0.15, 0.2) is 57.5 Å². The molecule has 1 atom stereocenters. The van der Waals surface area contributed by atoms with Gasteiger partial charge in [0.2, 0.25) is 17.6 Å². The summed E-state index contributed by atoms with van der Waals surface area (Å²) in [7, 11) is 1.63. The molecule has 0 saturated carbocycles. The predicted molar refractivity (Wildman–Crippen MR) is 132 cm³/mol. The van der Waals surface area contributed by atoms with E-state index in [1.807, 2.05) is 55.5 Å². The number of hydrogen-bond donors (Lipinski definition) is 1. The first kappa shape index (κ1) is 24.2. The first-order valence-electron chi connectivity index (χ1n) is 11.4. The van der Waals surface area contributed by atoms with Crippen LogP contribution < -0.4 is 14.8 Å². The molecule has 1 unspecified atom stereocenters. The highest BCUT2D eigenvalue weighted by atomic mass is 79.9. The van der Waals surface area contributed by atoms with Crippen molar-refractivity contribution in [3.63, 3.8) is 0 Å². The summed E-state index contributed by atoms with van der Waals surface area (Å²) in [6.07, 6.45) is 1.59. The number of benzene rings is 2. The fraction of sp³-hybridized carbons (Fsp3) is 0.400. The van der Waals surface area contributed by atoms with Gasteiger partial charge in [0.05, 0.1) is 19.7 Å². The number of nitrogens with one attached hydrogen (secondary N) is 1. The van der Waals surface area contributed by atoms with Crippen LogP contribution in [0.2, 0.25) is 0 Å². The van der Waals surface area contributed by atoms with Crippen LogP contribution in [-0.4, -0.2) is 53.8 Å². The number of methoxy groups -OCH3 is 1. The Kier molecular flexibility index (Phi) is 8.18. The highest BCUT2D eigenvalue weighted by Gasteiger charge is 2.26. The lowest BCUT2D eigenvalue weighted by Gasteiger charge is -2.30. The van der Waals surface area contributed by atoms with Crippen molar-refractivity contribution in [1.82, 2.24) is 20.4 Å². The highest BCUT2D eigenvalue weighted by molar-refractivity contribution is 9.10. The number of hydrogen-bond acceptors (Lipinski definition) is 7. The Morgan fingerprint density at radius 3 is 2.50 bits per heavy atom. The maximum atomic E-state index is 12.7. The molecule has 1 N–H and O–H groups in total. The maximum Gasteiger partial charge on any atom is 0.241 e. The van der Waals surface area contributed by atoms with Crippen LogP contribution in [0.25, 0.3) is 11.4 Å². The van der Waals surface area contributed by atoms with Gasteiger partial charge in [-0.3, -0.25) is 9.69 Å². The van der Waals surface area contributed by atoms with Gasteiger partial charge < -0.3 is 19.3 Å². The monoisotopic (exact) mass is 528 g/mol. The molecule has 0 spiro atoms. The highest BCUT2D eigenvalue weighted by Crippen LogP contribution is 2.22. The van der Waals surface area contributed by atoms with Gasteiger partial charge >= 0.3 is 0 Å². The van der Waals surface area contributed by atoms with E-state index in [-0.39, 0.29) is 17.9 Å². The van der Waals surface area contributed by atoms with E-state index in [4.69, 9.17) is 14.0 Å². The van der Waals surface area contributed by atoms with Crippen LogP contribution in [0.1, 0.15) is 25.7 Å². The molecule has 4 rings (SSSR count). The number of piperidine rings is 1. The van der Waals surface area contributed by atoms with Crippen molar-refractivity contribution < 1.29 is 18.8 Å². The topological polar surface area (TPSA) is 89.7 Å². The Hall–Kier alpha value is -2.91. The second kappa shape index (κ2) is 11.5. The summed E-state index contributed by atoms with van der Waals surface area (Å²) in [5, 5.41) is 7.18. The lowest BCUT2D eigenvalue weighted by atomic mass is 9.95. The zero-order chi connectivity index (χ0) is 23.9. The average Bonchev–Trinajstić information content (AvgIpc) is 3.32. The van der Waals surface area contributed by atoms with E-state index < -0.39 is 0 Å². The van der Waals surface area contributed by atoms with E-state index in [1.165, 1.54) is 0 Å². The first-order valence-corrected chi connectivity index (χ1v) is 12.2. The van der Waals surface area contributed by atoms with Gasteiger partial charge in [0, 0.05) is 16.0 Å². The lowest BCUT2D eigenvalue weighted by molar-refractivity contribution is -0.127. The Morgan fingerprint density at radius 1 is 1.15 bits per heavy atom. The third-order valence-electron chi connectivity index (χ3n) is 5.84. The molecular formula is C25H29BrN4O4. The number of likely N-dealkylation sites (tertiary alicyclic amines) is 1. The van der Waals surface area contributed by atoms with Gasteiger partial charge in [-0.05, 0) is 81.4 Å². The van der Waals surface area contributed by atoms with Crippen molar-refractivity contribution >= 4 is 21.8 Å². The number of ether oxygens (including phenoxy) is 2. The molecule has 8 nitrogen and oxygen atoms in total. The fourth-order valence-electron chi connectivity index (χ4n) is 3.88. The SMILES string of the molecule is COc1ccc(OCC(C)NC(=O)C2CCN(Cc3nc(-c4ccc(Br)cc4)no3)CC2)cc1. The second-order valence-electron chi connectivity index (χ2n) is 8.47. The fourth-order valence-corrected chi connectivity index (χ4v) is 4.14. The molecule has 1 aliphatic heterocycles. The maximum absolute atomic E-state index is 12.7. The number of nitrogens with zero attached hydrogens (tertiary/aromatic N) is 3. The zero-order valence-corrected chi connectivity index (χ0v) is 21.0. The van der Waals surface area contributed by atoms with Gasteiger partial charge in [-0.1, -0.05) is 21.1 Å². The number of amides is 1. The summed E-state index contributed by atoms with van der Waals surface area (Å²) in [5.74, 6) is 2.79. The molecular weight excluding hydrogens is 500 g/mol. The third-order valence-corrected chi connectivity index (χ3v) is 6.36. The normalized spacial score (nSPS) is 15.6. The number of aromatic nitrogens is 2. The van der Waals surface area contributed by atoms with Crippen molar-refractivity contribution in [3.8, 4) is 22.9 Å². The summed E-state index contributed by atoms with van der Waals surface area (Å²) in [5.41, 5.74) is 0.915. The lowest BCUT2D eigenvalue weighted by Crippen LogP contribution is -2.44. The van der Waals surface area contributed by atoms with Crippen LogP contribution in [-0.2, 0) is 11.3 Å². The van der Waals surface area contributed by atoms with Gasteiger partial charge in [-0.2, -0.15) is 4.98 Å². The Morgan fingerprint density at radius 2 is 1.82 bits per heavy atom. The van der Waals surface area contributed by atoms with Crippen LogP contribution in [0, 0.1) is 5.92 Å². The summed E-state index contributed by atoms with van der Waals surface area (Å²) in [6.45, 7) is 4.57. The molecule has 0 radical (unpaired) electrons. The first-order chi connectivity index (χ1) is 16.5. The number of carbonyl (C=O) groups is 1. The Labute approximate surface area is 207 Å². The molecule has 1 amide bonds. The van der Waals surface area contributed by atoms with Crippen LogP contribution in [0.5, 0.6) is 11.5 Å². The van der Waals surface area contributed by atoms with Gasteiger partial charge in [-0.25, -0.2) is 0 Å². The largest absolute Gasteiger partial charge is 0.497 e. The second-order valence-corrected chi connectivity index (χ2v) is 9.38. The number of rotatable bonds is 9. The summed E-state index contributed by atoms with van der Waals surface area (Å²) < 4.78 is 17.4. The Bertz CT molecular complexity index is 1060. The smallest absolute Gasteiger partial charge is 0.241 e. The number of carbonyl (C=O) groups excluding carboxylic acids is 1. The summed E-state index contributed by atoms with van der Waals surface area (Å²) in [4.78, 5) is 19.5. The molecule has 2 aromatic carbocycles. The molecule has 1 fully saturated rings. The van der Waals surface area contributed by atoms with Crippen LogP contribution >= 0.6 is 15.9 Å². The molecule has 0 aliphatic carbocycles. The quantitative estimate of drug-likeness (QED) is 0.442. The van der Waals surface area contributed by atoms with Crippen molar-refractivity contribution in [2.45, 2.75) is 32.4 Å². The minimum Gasteiger partial charge on any atom is -0.497 e. The molecule has 1 saturated heterocycles. The minimum atomic E-state index is -0.0805.